The third-order valence-corrected chi connectivity index (χ3v) is 6.42. The maximum Gasteiger partial charge on any atom is 0.223 e. The van der Waals surface area contributed by atoms with Crippen molar-refractivity contribution in [2.24, 2.45) is 5.41 Å². The summed E-state index contributed by atoms with van der Waals surface area (Å²) in [5.41, 5.74) is 1.55. The van der Waals surface area contributed by atoms with Gasteiger partial charge in [-0.25, -0.2) is 4.39 Å². The van der Waals surface area contributed by atoms with E-state index in [1.165, 1.54) is 11.6 Å². The van der Waals surface area contributed by atoms with Crippen LogP contribution < -0.4 is 0 Å². The van der Waals surface area contributed by atoms with Crippen LogP contribution in [-0.2, 0) is 17.6 Å². The number of aliphatic hydroxyl groups is 1. The summed E-state index contributed by atoms with van der Waals surface area (Å²) in [5.74, 6) is -0.155. The molecule has 3 atom stereocenters. The molecule has 4 rings (SSSR count). The number of hydrogen-bond acceptors (Lipinski definition) is 2. The first-order valence-electron chi connectivity index (χ1n) is 9.82. The molecule has 2 bridgehead atoms. The third kappa shape index (κ3) is 3.39. The van der Waals surface area contributed by atoms with E-state index >= 15 is 0 Å². The SMILES string of the molecule is O=C(CCc1ccccc1F)N1[C@H]2CC[C@@H]1[C@@](CO)(Cc1ccccc1)C2. The number of carbonyl (C=O) groups is 1. The van der Waals surface area contributed by atoms with Gasteiger partial charge in [0.1, 0.15) is 5.82 Å². The summed E-state index contributed by atoms with van der Waals surface area (Å²) in [7, 11) is 0. The van der Waals surface area contributed by atoms with Gasteiger partial charge >= 0.3 is 0 Å². The number of carbonyl (C=O) groups excluding carboxylic acids is 1. The van der Waals surface area contributed by atoms with Gasteiger partial charge in [-0.2, -0.15) is 0 Å². The van der Waals surface area contributed by atoms with Crippen LogP contribution in [0.3, 0.4) is 0 Å². The lowest BCUT2D eigenvalue weighted by Crippen LogP contribution is -2.44. The minimum atomic E-state index is -0.252. The molecule has 2 fully saturated rings. The molecule has 2 heterocycles. The van der Waals surface area contributed by atoms with Crippen molar-refractivity contribution in [3.05, 3.63) is 71.5 Å². The highest BCUT2D eigenvalue weighted by atomic mass is 19.1. The molecule has 0 aliphatic carbocycles. The van der Waals surface area contributed by atoms with E-state index in [1.54, 1.807) is 18.2 Å². The first kappa shape index (κ1) is 18.2. The Bertz CT molecular complexity index is 809. The zero-order valence-electron chi connectivity index (χ0n) is 15.5. The molecule has 0 aromatic heterocycles. The monoisotopic (exact) mass is 367 g/mol. The van der Waals surface area contributed by atoms with E-state index in [1.807, 2.05) is 23.1 Å². The minimum Gasteiger partial charge on any atom is -0.396 e. The van der Waals surface area contributed by atoms with Crippen molar-refractivity contribution in [1.29, 1.82) is 0 Å². The van der Waals surface area contributed by atoms with Crippen LogP contribution in [0, 0.1) is 11.2 Å². The summed E-state index contributed by atoms with van der Waals surface area (Å²) in [6, 6.07) is 17.2. The van der Waals surface area contributed by atoms with Gasteiger partial charge in [-0.1, -0.05) is 48.5 Å². The number of aryl methyl sites for hydroxylation is 1. The number of benzene rings is 2. The first-order chi connectivity index (χ1) is 13.1. The van der Waals surface area contributed by atoms with Gasteiger partial charge in [0.25, 0.3) is 0 Å². The minimum absolute atomic E-state index is 0.0841. The summed E-state index contributed by atoms with van der Waals surface area (Å²) >= 11 is 0. The van der Waals surface area contributed by atoms with Crippen molar-refractivity contribution in [3.63, 3.8) is 0 Å². The van der Waals surface area contributed by atoms with Crippen molar-refractivity contribution in [2.75, 3.05) is 6.61 Å². The van der Waals surface area contributed by atoms with Crippen molar-refractivity contribution >= 4 is 5.91 Å². The highest BCUT2D eigenvalue weighted by molar-refractivity contribution is 5.78. The molecule has 1 amide bonds. The molecule has 3 nitrogen and oxygen atoms in total. The largest absolute Gasteiger partial charge is 0.396 e. The Labute approximate surface area is 159 Å². The maximum atomic E-state index is 13.8. The lowest BCUT2D eigenvalue weighted by Gasteiger charge is -2.36. The second-order valence-electron chi connectivity index (χ2n) is 8.03. The zero-order valence-corrected chi connectivity index (χ0v) is 15.5. The molecule has 1 N–H and O–H groups in total. The number of halogens is 1. The van der Waals surface area contributed by atoms with Gasteiger partial charge in [-0.15, -0.1) is 0 Å². The van der Waals surface area contributed by atoms with E-state index in [4.69, 9.17) is 0 Å². The third-order valence-electron chi connectivity index (χ3n) is 6.42. The summed E-state index contributed by atoms with van der Waals surface area (Å²) in [4.78, 5) is 15.0. The Morgan fingerprint density at radius 1 is 1.11 bits per heavy atom. The standard InChI is InChI=1S/C23H26FNO2/c24-20-9-5-4-8-18(20)10-13-22(27)25-19-11-12-21(25)23(15-19,16-26)14-17-6-2-1-3-7-17/h1-9,19,21,26H,10-16H2/t19-,21+,23-/m0/s1. The van der Waals surface area contributed by atoms with Crippen LogP contribution in [0.15, 0.2) is 54.6 Å². The Hall–Kier alpha value is -2.20. The lowest BCUT2D eigenvalue weighted by molar-refractivity contribution is -0.133. The van der Waals surface area contributed by atoms with E-state index in [9.17, 15) is 14.3 Å². The molecule has 142 valence electrons. The molecule has 4 heteroatoms. The molecular weight excluding hydrogens is 341 g/mol. The molecule has 2 aliphatic rings. The van der Waals surface area contributed by atoms with Gasteiger partial charge in [0.05, 0.1) is 6.61 Å². The zero-order chi connectivity index (χ0) is 18.9. The van der Waals surface area contributed by atoms with E-state index in [2.05, 4.69) is 12.1 Å². The molecule has 2 saturated heterocycles. The molecule has 0 spiro atoms. The Balaban J connectivity index is 1.48. The topological polar surface area (TPSA) is 40.5 Å². The fourth-order valence-electron chi connectivity index (χ4n) is 5.16. The summed E-state index contributed by atoms with van der Waals surface area (Å²) in [6.45, 7) is 0.0974. The predicted octanol–water partition coefficient (Wildman–Crippen LogP) is 3.74. The average molecular weight is 367 g/mol. The highest BCUT2D eigenvalue weighted by Gasteiger charge is 2.56. The smallest absolute Gasteiger partial charge is 0.223 e. The number of aliphatic hydroxyl groups excluding tert-OH is 1. The van der Waals surface area contributed by atoms with Gasteiger partial charge in [-0.3, -0.25) is 4.79 Å². The molecule has 2 aliphatic heterocycles. The van der Waals surface area contributed by atoms with Crippen LogP contribution in [0.4, 0.5) is 4.39 Å². The molecule has 0 radical (unpaired) electrons. The molecule has 2 aromatic carbocycles. The van der Waals surface area contributed by atoms with Gasteiger partial charge in [-0.05, 0) is 49.3 Å². The van der Waals surface area contributed by atoms with E-state index < -0.39 is 0 Å². The fraction of sp³-hybridized carbons (Fsp3) is 0.435. The van der Waals surface area contributed by atoms with Gasteiger partial charge < -0.3 is 10.0 Å². The molecular formula is C23H26FNO2. The number of nitrogens with zero attached hydrogens (tertiary/aromatic N) is 1. The number of hydrogen-bond donors (Lipinski definition) is 1. The second-order valence-corrected chi connectivity index (χ2v) is 8.03. The number of amides is 1. The van der Waals surface area contributed by atoms with Crippen LogP contribution in [0.5, 0.6) is 0 Å². The van der Waals surface area contributed by atoms with Gasteiger partial charge in [0, 0.05) is 23.9 Å². The van der Waals surface area contributed by atoms with Crippen molar-refractivity contribution in [2.45, 2.75) is 50.6 Å². The normalized spacial score (nSPS) is 26.5. The van der Waals surface area contributed by atoms with Crippen LogP contribution in [0.25, 0.3) is 0 Å². The Morgan fingerprint density at radius 2 is 1.85 bits per heavy atom. The second kappa shape index (κ2) is 7.43. The summed E-state index contributed by atoms with van der Waals surface area (Å²) in [5, 5.41) is 10.3. The lowest BCUT2D eigenvalue weighted by atomic mass is 9.70. The van der Waals surface area contributed by atoms with Crippen LogP contribution in [-0.4, -0.2) is 34.6 Å². The summed E-state index contributed by atoms with van der Waals surface area (Å²) in [6.07, 6.45) is 4.35. The Kier molecular flexibility index (Phi) is 5.00. The van der Waals surface area contributed by atoms with Gasteiger partial charge in [0.15, 0.2) is 0 Å². The average Bonchev–Trinajstić information content (AvgIpc) is 3.24. The Morgan fingerprint density at radius 3 is 2.59 bits per heavy atom. The number of rotatable bonds is 6. The van der Waals surface area contributed by atoms with Crippen molar-refractivity contribution < 1.29 is 14.3 Å². The molecule has 2 aromatic rings. The summed E-state index contributed by atoms with van der Waals surface area (Å²) < 4.78 is 13.8. The van der Waals surface area contributed by atoms with Crippen molar-refractivity contribution in [3.8, 4) is 0 Å². The first-order valence-corrected chi connectivity index (χ1v) is 9.82. The highest BCUT2D eigenvalue weighted by Crippen LogP contribution is 2.51. The number of fused-ring (bicyclic) bond motifs is 2. The van der Waals surface area contributed by atoms with E-state index in [0.29, 0.717) is 18.4 Å². The predicted molar refractivity (Wildman–Crippen MR) is 103 cm³/mol. The quantitative estimate of drug-likeness (QED) is 0.845. The van der Waals surface area contributed by atoms with Crippen LogP contribution >= 0.6 is 0 Å². The van der Waals surface area contributed by atoms with E-state index in [0.717, 1.165) is 25.7 Å². The molecule has 0 unspecified atom stereocenters. The van der Waals surface area contributed by atoms with E-state index in [-0.39, 0.29) is 35.8 Å². The van der Waals surface area contributed by atoms with Crippen molar-refractivity contribution in [1.82, 2.24) is 4.90 Å². The maximum absolute atomic E-state index is 13.8. The molecule has 27 heavy (non-hydrogen) atoms. The molecule has 0 saturated carbocycles. The van der Waals surface area contributed by atoms with Crippen LogP contribution in [0.2, 0.25) is 0 Å². The van der Waals surface area contributed by atoms with Crippen LogP contribution in [0.1, 0.15) is 36.8 Å². The fourth-order valence-corrected chi connectivity index (χ4v) is 5.16. The van der Waals surface area contributed by atoms with Gasteiger partial charge in [0.2, 0.25) is 5.91 Å².